The lowest BCUT2D eigenvalue weighted by molar-refractivity contribution is -0.143. The second-order valence-electron chi connectivity index (χ2n) is 24.7. The van der Waals surface area contributed by atoms with Gasteiger partial charge in [0.25, 0.3) is 0 Å². The Labute approximate surface area is 615 Å². The summed E-state index contributed by atoms with van der Waals surface area (Å²) >= 11 is 0. The van der Waals surface area contributed by atoms with Crippen LogP contribution in [0.3, 0.4) is 0 Å². The number of fused-ring (bicyclic) bond motifs is 1. The Bertz CT molecular complexity index is 3800. The third-order valence-electron chi connectivity index (χ3n) is 16.7. The number of hydrogen-bond acceptors (Lipinski definition) is 23. The van der Waals surface area contributed by atoms with Gasteiger partial charge < -0.3 is 127 Å². The van der Waals surface area contributed by atoms with Crippen LogP contribution in [0.5, 0.6) is 0 Å². The number of carbonyl (C=O) groups excluding carboxylic acids is 15. The number of aliphatic hydroxyl groups is 3. The molecule has 3 heterocycles. The standard InChI is InChI=1S/C66H92N20O22/c67-19-7-6-13-42(66(107)108)81-58(99)41(16-18-56(96)97)79-60(101)43(21-35-9-2-1-3-10-35)82-59(100)40(15-17-50(69)90)80-64(105)49-14-8-20-86(49)65(106)45(23-37-26-70-34-76-37)84-63(104)48(33-89)85-61(102)44(22-36-25-71-39-12-5-4-11-38(36)39)83-62(103)47(32-88)78-55(95)30-74-52(92)27-73-53(93)28-75-57(98)46(31-87)77-54(94)29-72-51(91)24-68/h1-5,9-12,25-26,34,40-49,71,87-89H,6-8,13-24,27-33,67-68H2,(H2,69,90)(H,70,76)(H,72,91)(H,73,93)(H,74,92)(H,75,98)(H,77,94)(H,78,95)(H,79,101)(H,80,105)(H,81,99)(H,82,100)(H,83,103)(H,84,104)(H,85,102)(H,96,97)(H,107,108)/t40-,41-,42-,43-,44-,45-,46-,47-,48-,49-/m0/s1. The lowest BCUT2D eigenvalue weighted by Crippen LogP contribution is -2.61. The van der Waals surface area contributed by atoms with Gasteiger partial charge in [0, 0.05) is 61.9 Å². The molecule has 0 unspecified atom stereocenters. The Balaban J connectivity index is 1.28. The highest BCUT2D eigenvalue weighted by Gasteiger charge is 2.41. The van der Waals surface area contributed by atoms with Crippen LogP contribution >= 0.6 is 0 Å². The number of imidazole rings is 1. The number of amides is 15. The van der Waals surface area contributed by atoms with E-state index in [0.29, 0.717) is 34.9 Å². The van der Waals surface area contributed by atoms with Crippen molar-refractivity contribution in [2.45, 2.75) is 137 Å². The van der Waals surface area contributed by atoms with E-state index in [-0.39, 0.29) is 57.3 Å². The first-order valence-electron chi connectivity index (χ1n) is 34.2. The average Bonchev–Trinajstić information content (AvgIpc) is 1.63. The second kappa shape index (κ2) is 44.7. The fourth-order valence-corrected chi connectivity index (χ4v) is 10.9. The van der Waals surface area contributed by atoms with Gasteiger partial charge in [-0.3, -0.25) is 76.7 Å². The summed E-state index contributed by atoms with van der Waals surface area (Å²) in [6.45, 7) is -6.34. The van der Waals surface area contributed by atoms with Crippen molar-refractivity contribution in [2.75, 3.05) is 65.6 Å². The van der Waals surface area contributed by atoms with E-state index in [4.69, 9.17) is 17.2 Å². The van der Waals surface area contributed by atoms with Crippen LogP contribution in [0, 0.1) is 0 Å². The molecule has 26 N–H and O–H groups in total. The third-order valence-corrected chi connectivity index (χ3v) is 16.7. The zero-order chi connectivity index (χ0) is 79.4. The summed E-state index contributed by atoms with van der Waals surface area (Å²) in [5.41, 5.74) is 17.9. The molecule has 0 spiro atoms. The highest BCUT2D eigenvalue weighted by molar-refractivity contribution is 6.00. The van der Waals surface area contributed by atoms with E-state index in [1.807, 2.05) is 0 Å². The van der Waals surface area contributed by atoms with Gasteiger partial charge in [0.2, 0.25) is 88.6 Å². The zero-order valence-electron chi connectivity index (χ0n) is 58.6. The maximum Gasteiger partial charge on any atom is 0.326 e. The maximum atomic E-state index is 14.9. The largest absolute Gasteiger partial charge is 0.481 e. The van der Waals surface area contributed by atoms with Gasteiger partial charge in [-0.15, -0.1) is 0 Å². The van der Waals surface area contributed by atoms with E-state index >= 15 is 0 Å². The van der Waals surface area contributed by atoms with Crippen LogP contribution < -0.4 is 86.3 Å². The van der Waals surface area contributed by atoms with Crippen molar-refractivity contribution in [3.63, 3.8) is 0 Å². The number of rotatable bonds is 47. The quantitative estimate of drug-likeness (QED) is 0.0183. The minimum absolute atomic E-state index is 0.0362. The van der Waals surface area contributed by atoms with E-state index < -0.39 is 239 Å². The average molecular weight is 1520 g/mol. The Morgan fingerprint density at radius 3 is 1.57 bits per heavy atom. The predicted octanol–water partition coefficient (Wildman–Crippen LogP) is -9.98. The number of primary amides is 1. The van der Waals surface area contributed by atoms with Crippen LogP contribution in [0.25, 0.3) is 10.9 Å². The molecule has 4 aromatic rings. The Hall–Kier alpha value is -12.0. The summed E-state index contributed by atoms with van der Waals surface area (Å²) in [4.78, 5) is 236. The minimum atomic E-state index is -1.90. The minimum Gasteiger partial charge on any atom is -0.481 e. The molecule has 42 heteroatoms. The van der Waals surface area contributed by atoms with Crippen molar-refractivity contribution >= 4 is 111 Å². The summed E-state index contributed by atoms with van der Waals surface area (Å²) in [5.74, 6) is -17.7. The van der Waals surface area contributed by atoms with Crippen LogP contribution in [-0.2, 0) is 101 Å². The predicted molar refractivity (Wildman–Crippen MR) is 375 cm³/mol. The topological polar surface area (TPSA) is 674 Å². The molecule has 1 aliphatic heterocycles. The number of nitrogens with two attached hydrogens (primary N) is 3. The molecular weight excluding hydrogens is 1420 g/mol. The van der Waals surface area contributed by atoms with Crippen molar-refractivity contribution in [2.24, 2.45) is 17.2 Å². The van der Waals surface area contributed by atoms with Crippen LogP contribution in [0.1, 0.15) is 74.6 Å². The first-order valence-corrected chi connectivity index (χ1v) is 34.2. The molecule has 2 aromatic heterocycles. The summed E-state index contributed by atoms with van der Waals surface area (Å²) in [6.07, 6.45) is 1.82. The SMILES string of the molecule is NCCCC[C@H](NC(=O)[C@H](CCC(=O)O)NC(=O)[C@H](Cc1ccccc1)NC(=O)[C@H](CCC(N)=O)NC(=O)[C@@H]1CCCN1C(=O)[C@H](Cc1c[nH]cn1)NC(=O)[C@H](CO)NC(=O)[C@H](Cc1c[nH]c2ccccc12)NC(=O)[C@H](CO)NC(=O)CNC(=O)CNC(=O)CNC(=O)[C@H](CO)NC(=O)CNC(=O)CN)C(=O)O. The first kappa shape index (κ1) is 86.6. The van der Waals surface area contributed by atoms with Gasteiger partial charge in [-0.1, -0.05) is 48.5 Å². The summed E-state index contributed by atoms with van der Waals surface area (Å²) < 4.78 is 0. The van der Waals surface area contributed by atoms with Crippen LogP contribution in [-0.4, -0.2) is 272 Å². The monoisotopic (exact) mass is 1520 g/mol. The molecule has 10 atom stereocenters. The van der Waals surface area contributed by atoms with Crippen molar-refractivity contribution in [3.8, 4) is 0 Å². The van der Waals surface area contributed by atoms with Crippen LogP contribution in [0.2, 0.25) is 0 Å². The van der Waals surface area contributed by atoms with Gasteiger partial charge in [-0.25, -0.2) is 9.78 Å². The van der Waals surface area contributed by atoms with Gasteiger partial charge in [0.1, 0.15) is 60.4 Å². The van der Waals surface area contributed by atoms with E-state index in [0.717, 1.165) is 4.90 Å². The number of nitrogens with one attached hydrogen (secondary N) is 15. The Morgan fingerprint density at radius 2 is 1.00 bits per heavy atom. The number of aliphatic carboxylic acids is 2. The molecule has 1 fully saturated rings. The smallest absolute Gasteiger partial charge is 0.326 e. The molecule has 0 aliphatic carbocycles. The lowest BCUT2D eigenvalue weighted by atomic mass is 10.0. The van der Waals surface area contributed by atoms with E-state index in [1.165, 1.54) is 18.7 Å². The number of benzene rings is 2. The van der Waals surface area contributed by atoms with Crippen LogP contribution in [0.15, 0.2) is 73.3 Å². The molecular formula is C66H92N20O22. The lowest BCUT2D eigenvalue weighted by Gasteiger charge is -2.31. The van der Waals surface area contributed by atoms with Crippen molar-refractivity contribution in [1.29, 1.82) is 0 Å². The fraction of sp³-hybridized carbons (Fsp3) is 0.485. The number of aromatic nitrogens is 3. The second-order valence-corrected chi connectivity index (χ2v) is 24.7. The number of para-hydroxylation sites is 1. The summed E-state index contributed by atoms with van der Waals surface area (Å²) in [7, 11) is 0. The highest BCUT2D eigenvalue weighted by Crippen LogP contribution is 2.22. The number of H-pyrrole nitrogens is 2. The molecule has 108 heavy (non-hydrogen) atoms. The van der Waals surface area contributed by atoms with Crippen molar-refractivity contribution in [3.05, 3.63) is 90.1 Å². The summed E-state index contributed by atoms with van der Waals surface area (Å²) in [5, 5.41) is 80.7. The molecule has 0 radical (unpaired) electrons. The number of carbonyl (C=O) groups is 17. The number of aliphatic hydroxyl groups excluding tert-OH is 3. The number of nitrogens with zero attached hydrogens (tertiary/aromatic N) is 2. The van der Waals surface area contributed by atoms with Gasteiger partial charge >= 0.3 is 11.9 Å². The van der Waals surface area contributed by atoms with Gasteiger partial charge in [0.05, 0.1) is 64.6 Å². The normalized spacial score (nSPS) is 14.9. The number of carboxylic acids is 2. The number of aromatic amines is 2. The van der Waals surface area contributed by atoms with E-state index in [2.05, 4.69) is 84.1 Å². The molecule has 0 bridgehead atoms. The molecule has 15 amide bonds. The molecule has 42 nitrogen and oxygen atoms in total. The highest BCUT2D eigenvalue weighted by atomic mass is 16.4. The van der Waals surface area contributed by atoms with Crippen molar-refractivity contribution in [1.82, 2.24) is 89.0 Å². The molecule has 1 aliphatic rings. The molecule has 0 saturated carbocycles. The fourth-order valence-electron chi connectivity index (χ4n) is 10.9. The number of unbranched alkanes of at least 4 members (excludes halogenated alkanes) is 1. The van der Waals surface area contributed by atoms with Gasteiger partial charge in [-0.05, 0) is 68.7 Å². The molecule has 5 rings (SSSR count). The van der Waals surface area contributed by atoms with E-state index in [9.17, 15) is 107 Å². The molecule has 2 aromatic carbocycles. The van der Waals surface area contributed by atoms with Crippen LogP contribution in [0.4, 0.5) is 0 Å². The van der Waals surface area contributed by atoms with Crippen molar-refractivity contribution < 1.29 is 107 Å². The number of hydrogen-bond donors (Lipinski definition) is 23. The summed E-state index contributed by atoms with van der Waals surface area (Å²) in [6, 6.07) is -1.42. The van der Waals surface area contributed by atoms with Gasteiger partial charge in [0.15, 0.2) is 0 Å². The third kappa shape index (κ3) is 28.8. The number of carboxylic acid groups (broad SMARTS) is 2. The maximum absolute atomic E-state index is 14.9. The van der Waals surface area contributed by atoms with Gasteiger partial charge in [-0.2, -0.15) is 0 Å². The Kier molecular flexibility index (Phi) is 35.9. The number of likely N-dealkylation sites (tertiary alicyclic amines) is 1. The van der Waals surface area contributed by atoms with E-state index in [1.54, 1.807) is 54.6 Å². The first-order chi connectivity index (χ1) is 51.6. The molecule has 588 valence electrons. The Morgan fingerprint density at radius 1 is 0.500 bits per heavy atom. The zero-order valence-corrected chi connectivity index (χ0v) is 58.6. The molecule has 1 saturated heterocycles.